The second-order valence-electron chi connectivity index (χ2n) is 8.26. The van der Waals surface area contributed by atoms with Crippen LogP contribution in [0, 0.1) is 12.7 Å². The van der Waals surface area contributed by atoms with Crippen LogP contribution in [0.2, 0.25) is 5.02 Å². The minimum atomic E-state index is -1.05. The molecule has 3 aromatic carbocycles. The molecule has 0 spiro atoms. The Morgan fingerprint density at radius 2 is 1.80 bits per heavy atom. The highest BCUT2D eigenvalue weighted by atomic mass is 35.5. The summed E-state index contributed by atoms with van der Waals surface area (Å²) in [5.41, 5.74) is 4.17. The van der Waals surface area contributed by atoms with Gasteiger partial charge >= 0.3 is 5.97 Å². The van der Waals surface area contributed by atoms with Gasteiger partial charge in [0, 0.05) is 52.8 Å². The second-order valence-corrected chi connectivity index (χ2v) is 8.66. The lowest BCUT2D eigenvalue weighted by Gasteiger charge is -2.12. The van der Waals surface area contributed by atoms with E-state index in [4.69, 9.17) is 21.1 Å². The van der Waals surface area contributed by atoms with Crippen LogP contribution in [-0.2, 0) is 19.6 Å². The maximum atomic E-state index is 13.6. The van der Waals surface area contributed by atoms with Crippen LogP contribution in [0.15, 0.2) is 54.6 Å². The van der Waals surface area contributed by atoms with E-state index < -0.39 is 11.8 Å². The van der Waals surface area contributed by atoms with Crippen molar-refractivity contribution in [2.75, 3.05) is 14.2 Å². The first kappa shape index (κ1) is 24.6. The van der Waals surface area contributed by atoms with Gasteiger partial charge in [-0.1, -0.05) is 35.9 Å². The van der Waals surface area contributed by atoms with Gasteiger partial charge in [-0.2, -0.15) is 0 Å². The minimum absolute atomic E-state index is 0.167. The van der Waals surface area contributed by atoms with Gasteiger partial charge in [-0.15, -0.1) is 0 Å². The predicted molar refractivity (Wildman–Crippen MR) is 134 cm³/mol. The van der Waals surface area contributed by atoms with E-state index in [9.17, 15) is 14.3 Å². The lowest BCUT2D eigenvalue weighted by atomic mass is 10.1. The van der Waals surface area contributed by atoms with Crippen molar-refractivity contribution in [3.05, 3.63) is 93.4 Å². The molecule has 0 unspecified atom stereocenters. The van der Waals surface area contributed by atoms with Crippen LogP contribution < -0.4 is 14.8 Å². The predicted octanol–water partition coefficient (Wildman–Crippen LogP) is 5.80. The number of hydrogen-bond donors (Lipinski definition) is 2. The highest BCUT2D eigenvalue weighted by Crippen LogP contribution is 2.31. The molecule has 0 aliphatic carbocycles. The number of aryl methyl sites for hydroxylation is 1. The molecule has 0 fully saturated rings. The summed E-state index contributed by atoms with van der Waals surface area (Å²) in [7, 11) is 3.19. The van der Waals surface area contributed by atoms with Gasteiger partial charge in [0.1, 0.15) is 23.0 Å². The summed E-state index contributed by atoms with van der Waals surface area (Å²) < 4.78 is 26.0. The number of benzene rings is 3. The Morgan fingerprint density at radius 3 is 2.49 bits per heavy atom. The van der Waals surface area contributed by atoms with Gasteiger partial charge in [-0.25, -0.2) is 9.18 Å². The third-order valence-electron chi connectivity index (χ3n) is 5.98. The summed E-state index contributed by atoms with van der Waals surface area (Å²) in [6.45, 7) is 2.94. The van der Waals surface area contributed by atoms with Crippen LogP contribution in [0.25, 0.3) is 10.9 Å². The van der Waals surface area contributed by atoms with E-state index in [2.05, 4.69) is 5.32 Å². The van der Waals surface area contributed by atoms with E-state index in [-0.39, 0.29) is 17.3 Å². The van der Waals surface area contributed by atoms with E-state index >= 15 is 0 Å². The molecule has 8 heteroatoms. The Labute approximate surface area is 207 Å². The molecule has 0 saturated carbocycles. The second kappa shape index (κ2) is 10.4. The number of nitrogens with zero attached hydrogens (tertiary/aromatic N) is 1. The minimum Gasteiger partial charge on any atom is -0.497 e. The molecule has 0 atom stereocenters. The summed E-state index contributed by atoms with van der Waals surface area (Å²) in [5, 5.41) is 14.6. The topological polar surface area (TPSA) is 72.7 Å². The van der Waals surface area contributed by atoms with Gasteiger partial charge in [-0.3, -0.25) is 0 Å². The zero-order valence-electron chi connectivity index (χ0n) is 19.7. The fourth-order valence-corrected chi connectivity index (χ4v) is 4.49. The first-order valence-electron chi connectivity index (χ1n) is 11.0. The van der Waals surface area contributed by atoms with E-state index in [0.717, 1.165) is 22.0 Å². The maximum Gasteiger partial charge on any atom is 0.352 e. The number of carboxylic acid groups (broad SMARTS) is 1. The van der Waals surface area contributed by atoms with E-state index in [1.54, 1.807) is 30.9 Å². The van der Waals surface area contributed by atoms with Crippen LogP contribution >= 0.6 is 11.6 Å². The molecule has 0 radical (unpaired) electrons. The Hall–Kier alpha value is -3.55. The third kappa shape index (κ3) is 5.11. The Bertz CT molecular complexity index is 1400. The van der Waals surface area contributed by atoms with Gasteiger partial charge in [0.15, 0.2) is 0 Å². The number of aromatic carboxylic acids is 1. The molecule has 0 bridgehead atoms. The zero-order chi connectivity index (χ0) is 25.1. The highest BCUT2D eigenvalue weighted by Gasteiger charge is 2.23. The number of rotatable bonds is 9. The SMILES string of the molecule is COc1ccc(CNCc2c(C(=O)O)n(Cc3ccc(F)cc3Cl)c3cc(C)ccc23)c(OC)c1. The Balaban J connectivity index is 1.71. The molecular weight excluding hydrogens is 471 g/mol. The number of carbonyl (C=O) groups is 1. The maximum absolute atomic E-state index is 13.6. The summed E-state index contributed by atoms with van der Waals surface area (Å²) in [5.74, 6) is -0.115. The summed E-state index contributed by atoms with van der Waals surface area (Å²) >= 11 is 6.27. The number of methoxy groups -OCH3 is 2. The normalized spacial score (nSPS) is 11.1. The van der Waals surface area contributed by atoms with Crippen molar-refractivity contribution in [3.8, 4) is 11.5 Å². The van der Waals surface area contributed by atoms with Crippen LogP contribution in [0.1, 0.15) is 32.7 Å². The summed E-state index contributed by atoms with van der Waals surface area (Å²) in [6, 6.07) is 15.6. The number of fused-ring (bicyclic) bond motifs is 1. The molecule has 1 aromatic heterocycles. The average Bonchev–Trinajstić information content (AvgIpc) is 3.13. The Morgan fingerprint density at radius 1 is 1.03 bits per heavy atom. The van der Waals surface area contributed by atoms with Crippen molar-refractivity contribution in [1.29, 1.82) is 0 Å². The quantitative estimate of drug-likeness (QED) is 0.306. The summed E-state index contributed by atoms with van der Waals surface area (Å²) in [4.78, 5) is 12.5. The molecule has 0 amide bonds. The monoisotopic (exact) mass is 496 g/mol. The number of carboxylic acids is 1. The van der Waals surface area contributed by atoms with E-state index in [0.29, 0.717) is 35.7 Å². The van der Waals surface area contributed by atoms with Crippen molar-refractivity contribution < 1.29 is 23.8 Å². The van der Waals surface area contributed by atoms with Crippen molar-refractivity contribution >= 4 is 28.5 Å². The number of hydrogen-bond acceptors (Lipinski definition) is 4. The lowest BCUT2D eigenvalue weighted by molar-refractivity contribution is 0.0684. The van der Waals surface area contributed by atoms with E-state index in [1.807, 2.05) is 37.3 Å². The molecule has 1 heterocycles. The van der Waals surface area contributed by atoms with Gasteiger partial charge in [0.2, 0.25) is 0 Å². The standard InChI is InChI=1S/C27H26ClFN2O4/c1-16-4-9-21-22(14-30-13-17-6-8-20(34-2)12-25(17)35-3)26(27(32)33)31(24(21)10-16)15-18-5-7-19(29)11-23(18)28/h4-12,30H,13-15H2,1-3H3,(H,32,33). The number of halogens is 2. The van der Waals surface area contributed by atoms with Crippen LogP contribution in [0.3, 0.4) is 0 Å². The van der Waals surface area contributed by atoms with Crippen molar-refractivity contribution in [2.45, 2.75) is 26.6 Å². The first-order chi connectivity index (χ1) is 16.8. The molecular formula is C27H26ClFN2O4. The largest absolute Gasteiger partial charge is 0.497 e. The third-order valence-corrected chi connectivity index (χ3v) is 6.33. The van der Waals surface area contributed by atoms with Gasteiger partial charge < -0.3 is 24.5 Å². The van der Waals surface area contributed by atoms with Crippen molar-refractivity contribution in [1.82, 2.24) is 9.88 Å². The first-order valence-corrected chi connectivity index (χ1v) is 11.4. The van der Waals surface area contributed by atoms with E-state index in [1.165, 1.54) is 12.1 Å². The van der Waals surface area contributed by atoms with Crippen LogP contribution in [0.5, 0.6) is 11.5 Å². The van der Waals surface area contributed by atoms with Gasteiger partial charge in [0.25, 0.3) is 0 Å². The molecule has 0 aliphatic rings. The average molecular weight is 497 g/mol. The zero-order valence-corrected chi connectivity index (χ0v) is 20.4. The molecule has 2 N–H and O–H groups in total. The lowest BCUT2D eigenvalue weighted by Crippen LogP contribution is -2.17. The smallest absolute Gasteiger partial charge is 0.352 e. The van der Waals surface area contributed by atoms with Crippen LogP contribution in [-0.4, -0.2) is 29.9 Å². The molecule has 0 saturated heterocycles. The van der Waals surface area contributed by atoms with Gasteiger partial charge in [0.05, 0.1) is 14.2 Å². The van der Waals surface area contributed by atoms with Crippen LogP contribution in [0.4, 0.5) is 4.39 Å². The van der Waals surface area contributed by atoms with Gasteiger partial charge in [-0.05, 0) is 42.3 Å². The molecule has 4 rings (SSSR count). The van der Waals surface area contributed by atoms with Crippen molar-refractivity contribution in [2.24, 2.45) is 0 Å². The summed E-state index contributed by atoms with van der Waals surface area (Å²) in [6.07, 6.45) is 0. The number of ether oxygens (including phenoxy) is 2. The number of nitrogens with one attached hydrogen (secondary N) is 1. The highest BCUT2D eigenvalue weighted by molar-refractivity contribution is 6.31. The molecule has 4 aromatic rings. The molecule has 182 valence electrons. The Kier molecular flexibility index (Phi) is 7.28. The fraction of sp³-hybridized carbons (Fsp3) is 0.222. The number of aromatic nitrogens is 1. The molecule has 35 heavy (non-hydrogen) atoms. The molecule has 6 nitrogen and oxygen atoms in total. The van der Waals surface area contributed by atoms with Crippen molar-refractivity contribution in [3.63, 3.8) is 0 Å². The fourth-order valence-electron chi connectivity index (χ4n) is 4.26. The molecule has 0 aliphatic heterocycles.